The number of aromatic nitrogens is 2. The molecule has 8 heteroatoms. The van der Waals surface area contributed by atoms with Crippen molar-refractivity contribution < 1.29 is 14.4 Å². The molecule has 2 atom stereocenters. The Morgan fingerprint density at radius 2 is 2.00 bits per heavy atom. The number of hydrogen-bond donors (Lipinski definition) is 3. The highest BCUT2D eigenvalue weighted by molar-refractivity contribution is 5.96. The molecule has 8 nitrogen and oxygen atoms in total. The molecule has 1 aliphatic heterocycles. The van der Waals surface area contributed by atoms with E-state index in [4.69, 9.17) is 5.73 Å². The van der Waals surface area contributed by atoms with Gasteiger partial charge < -0.3 is 20.9 Å². The van der Waals surface area contributed by atoms with E-state index in [9.17, 15) is 14.4 Å². The molecular formula is C24H31N5O3. The van der Waals surface area contributed by atoms with Gasteiger partial charge in [0.1, 0.15) is 5.82 Å². The number of primary amides is 1. The highest BCUT2D eigenvalue weighted by atomic mass is 16.2. The number of hydrogen-bond acceptors (Lipinski definition) is 4. The van der Waals surface area contributed by atoms with Gasteiger partial charge in [-0.2, -0.15) is 0 Å². The fourth-order valence-corrected chi connectivity index (χ4v) is 5.08. The second kappa shape index (κ2) is 8.41. The number of nitrogens with two attached hydrogens (primary N) is 1. The number of rotatable bonds is 5. The molecule has 0 aromatic carbocycles. The zero-order chi connectivity index (χ0) is 23.0. The third-order valence-electron chi connectivity index (χ3n) is 6.47. The van der Waals surface area contributed by atoms with Gasteiger partial charge in [-0.25, -0.2) is 4.98 Å². The first-order valence-corrected chi connectivity index (χ1v) is 11.2. The molecule has 4 rings (SSSR count). The van der Waals surface area contributed by atoms with Crippen molar-refractivity contribution in [3.8, 4) is 11.3 Å². The van der Waals surface area contributed by atoms with Gasteiger partial charge in [0.25, 0.3) is 5.91 Å². The molecule has 3 amide bonds. The molecular weight excluding hydrogens is 406 g/mol. The Balaban J connectivity index is 1.54. The first-order chi connectivity index (χ1) is 15.1. The van der Waals surface area contributed by atoms with Crippen LogP contribution in [0.15, 0.2) is 24.4 Å². The summed E-state index contributed by atoms with van der Waals surface area (Å²) in [5, 5.41) is 5.87. The van der Waals surface area contributed by atoms with Crippen molar-refractivity contribution in [3.05, 3.63) is 35.7 Å². The average molecular weight is 438 g/mol. The van der Waals surface area contributed by atoms with Gasteiger partial charge in [-0.1, -0.05) is 20.3 Å². The second-order valence-electron chi connectivity index (χ2n) is 9.86. The first-order valence-electron chi connectivity index (χ1n) is 11.2. The molecule has 0 spiro atoms. The lowest BCUT2D eigenvalue weighted by molar-refractivity contribution is -0.123. The van der Waals surface area contributed by atoms with Crippen molar-refractivity contribution in [1.29, 1.82) is 0 Å². The molecule has 2 aromatic rings. The maximum Gasteiger partial charge on any atom is 0.250 e. The van der Waals surface area contributed by atoms with Crippen LogP contribution in [0, 0.1) is 11.3 Å². The van der Waals surface area contributed by atoms with E-state index in [0.717, 1.165) is 49.2 Å². The van der Waals surface area contributed by atoms with E-state index in [2.05, 4.69) is 34.0 Å². The monoisotopic (exact) mass is 437 g/mol. The normalized spacial score (nSPS) is 21.6. The van der Waals surface area contributed by atoms with Gasteiger partial charge >= 0.3 is 0 Å². The first kappa shape index (κ1) is 22.0. The molecule has 1 aliphatic carbocycles. The van der Waals surface area contributed by atoms with Gasteiger partial charge in [0.15, 0.2) is 0 Å². The van der Waals surface area contributed by atoms with Gasteiger partial charge in [-0.3, -0.25) is 14.4 Å². The Hall–Kier alpha value is -3.16. The van der Waals surface area contributed by atoms with Gasteiger partial charge in [0.05, 0.1) is 5.56 Å². The van der Waals surface area contributed by atoms with Crippen LogP contribution in [-0.2, 0) is 22.6 Å². The van der Waals surface area contributed by atoms with E-state index >= 15 is 0 Å². The summed E-state index contributed by atoms with van der Waals surface area (Å²) in [7, 11) is 0. The number of pyridine rings is 1. The number of carbonyl (C=O) groups excluding carboxylic acids is 3. The van der Waals surface area contributed by atoms with Crippen LogP contribution in [0.3, 0.4) is 0 Å². The number of fused-ring (bicyclic) bond motifs is 1. The summed E-state index contributed by atoms with van der Waals surface area (Å²) in [5.41, 5.74) is 8.98. The van der Waals surface area contributed by atoms with Crippen molar-refractivity contribution in [2.45, 2.75) is 65.5 Å². The third kappa shape index (κ3) is 4.54. The second-order valence-corrected chi connectivity index (χ2v) is 9.86. The van der Waals surface area contributed by atoms with Gasteiger partial charge in [-0.05, 0) is 49.3 Å². The Bertz CT molecular complexity index is 1070. The zero-order valence-corrected chi connectivity index (χ0v) is 18.9. The molecule has 3 heterocycles. The largest absolute Gasteiger partial charge is 0.366 e. The quantitative estimate of drug-likeness (QED) is 0.666. The molecule has 1 fully saturated rings. The maximum absolute atomic E-state index is 12.9. The maximum atomic E-state index is 12.9. The molecule has 0 bridgehead atoms. The van der Waals surface area contributed by atoms with Gasteiger partial charge in [0, 0.05) is 48.6 Å². The summed E-state index contributed by atoms with van der Waals surface area (Å²) >= 11 is 0. The van der Waals surface area contributed by atoms with Crippen LogP contribution < -0.4 is 16.4 Å². The summed E-state index contributed by atoms with van der Waals surface area (Å²) in [6, 6.07) is 5.59. The number of anilines is 1. The van der Waals surface area contributed by atoms with Crippen LogP contribution in [0.2, 0.25) is 0 Å². The highest BCUT2D eigenvalue weighted by Gasteiger charge is 2.34. The predicted molar refractivity (Wildman–Crippen MR) is 122 cm³/mol. The molecule has 32 heavy (non-hydrogen) atoms. The number of nitrogens with zero attached hydrogens (tertiary/aromatic N) is 2. The standard InChI is InChI=1S/C24H31N5O3/c1-14(30)27-17-6-4-5-16(9-17)23(32)28-21-10-15(7-8-26-21)19-11-18(22(25)31)20-12-24(2,3)13-29(19)20/h7-8,10-11,16-17H,4-6,9,12-13H2,1-3H3,(H2,25,31)(H,27,30)(H,26,28,32)/t16-,17+/m0/s1. The molecule has 1 saturated carbocycles. The molecule has 0 saturated heterocycles. The van der Waals surface area contributed by atoms with Crippen molar-refractivity contribution >= 4 is 23.5 Å². The van der Waals surface area contributed by atoms with Crippen LogP contribution in [0.5, 0.6) is 0 Å². The molecule has 2 aromatic heterocycles. The minimum atomic E-state index is -0.425. The topological polar surface area (TPSA) is 119 Å². The number of carbonyl (C=O) groups is 3. The molecule has 2 aliphatic rings. The summed E-state index contributed by atoms with van der Waals surface area (Å²) in [6.07, 6.45) is 5.68. The van der Waals surface area contributed by atoms with E-state index in [-0.39, 0.29) is 29.2 Å². The summed E-state index contributed by atoms with van der Waals surface area (Å²) < 4.78 is 2.15. The predicted octanol–water partition coefficient (Wildman–Crippen LogP) is 2.86. The van der Waals surface area contributed by atoms with Gasteiger partial charge in [0.2, 0.25) is 11.8 Å². The van der Waals surface area contributed by atoms with Gasteiger partial charge in [-0.15, -0.1) is 0 Å². The van der Waals surface area contributed by atoms with E-state index in [1.807, 2.05) is 18.2 Å². The minimum absolute atomic E-state index is 0.0372. The van der Waals surface area contributed by atoms with Crippen LogP contribution in [0.4, 0.5) is 5.82 Å². The lowest BCUT2D eigenvalue weighted by Crippen LogP contribution is -2.40. The molecule has 0 radical (unpaired) electrons. The Labute approximate surface area is 188 Å². The van der Waals surface area contributed by atoms with E-state index in [1.54, 1.807) is 6.20 Å². The molecule has 170 valence electrons. The SMILES string of the molecule is CC(=O)N[C@@H]1CCC[C@H](C(=O)Nc2cc(-c3cc(C(N)=O)c4n3CC(C)(C)C4)ccn2)C1. The Morgan fingerprint density at radius 1 is 1.22 bits per heavy atom. The van der Waals surface area contributed by atoms with Crippen molar-refractivity contribution in [2.24, 2.45) is 17.1 Å². The third-order valence-corrected chi connectivity index (χ3v) is 6.47. The lowest BCUT2D eigenvalue weighted by Gasteiger charge is -2.28. The van der Waals surface area contributed by atoms with Crippen LogP contribution >= 0.6 is 0 Å². The average Bonchev–Trinajstić information content (AvgIpc) is 3.20. The lowest BCUT2D eigenvalue weighted by atomic mass is 9.85. The minimum Gasteiger partial charge on any atom is -0.366 e. The van der Waals surface area contributed by atoms with E-state index in [0.29, 0.717) is 17.8 Å². The van der Waals surface area contributed by atoms with Crippen LogP contribution in [0.25, 0.3) is 11.3 Å². The number of amides is 3. The summed E-state index contributed by atoms with van der Waals surface area (Å²) in [5.74, 6) is -0.257. The van der Waals surface area contributed by atoms with Crippen molar-refractivity contribution in [2.75, 3.05) is 5.32 Å². The highest BCUT2D eigenvalue weighted by Crippen LogP contribution is 2.39. The van der Waals surface area contributed by atoms with Crippen molar-refractivity contribution in [1.82, 2.24) is 14.9 Å². The number of nitrogens with one attached hydrogen (secondary N) is 2. The van der Waals surface area contributed by atoms with Crippen LogP contribution in [0.1, 0.15) is 62.5 Å². The smallest absolute Gasteiger partial charge is 0.250 e. The molecule has 4 N–H and O–H groups in total. The van der Waals surface area contributed by atoms with Crippen LogP contribution in [-0.4, -0.2) is 33.3 Å². The van der Waals surface area contributed by atoms with Crippen molar-refractivity contribution in [3.63, 3.8) is 0 Å². The summed E-state index contributed by atoms with van der Waals surface area (Å²) in [4.78, 5) is 40.6. The fourth-order valence-electron chi connectivity index (χ4n) is 5.08. The zero-order valence-electron chi connectivity index (χ0n) is 18.9. The Morgan fingerprint density at radius 3 is 2.72 bits per heavy atom. The summed E-state index contributed by atoms with van der Waals surface area (Å²) in [6.45, 7) is 6.64. The van der Waals surface area contributed by atoms with E-state index < -0.39 is 5.91 Å². The Kier molecular flexibility index (Phi) is 5.79. The fraction of sp³-hybridized carbons (Fsp3) is 0.500. The molecule has 0 unspecified atom stereocenters. The van der Waals surface area contributed by atoms with E-state index in [1.165, 1.54) is 6.92 Å².